The molecule has 1 aliphatic rings. The zero-order valence-electron chi connectivity index (χ0n) is 11.9. The van der Waals surface area contributed by atoms with Gasteiger partial charge in [0.2, 0.25) is 10.0 Å². The Morgan fingerprint density at radius 1 is 1.41 bits per heavy atom. The number of aliphatic carboxylic acids is 1. The molecule has 8 heteroatoms. The van der Waals surface area contributed by atoms with E-state index >= 15 is 0 Å². The summed E-state index contributed by atoms with van der Waals surface area (Å²) < 4.78 is 32.8. The number of halogens is 1. The Labute approximate surface area is 138 Å². The molecule has 122 valence electrons. The summed E-state index contributed by atoms with van der Waals surface area (Å²) in [6, 6.07) is 6.25. The molecule has 1 aliphatic heterocycles. The van der Waals surface area contributed by atoms with Crippen LogP contribution in [0.1, 0.15) is 19.3 Å². The Balaban J connectivity index is 2.17. The van der Waals surface area contributed by atoms with Crippen LogP contribution in [0.25, 0.3) is 0 Å². The first kappa shape index (κ1) is 17.4. The average Bonchev–Trinajstić information content (AvgIpc) is 2.47. The lowest BCUT2D eigenvalue weighted by Gasteiger charge is -2.34. The molecular weight excluding hydrogens is 374 g/mol. The number of hydrogen-bond acceptors (Lipinski definition) is 4. The standard InChI is InChI=1S/C14H18BrNO5S/c15-11-4-3-6-13(8-11)22(19,20)16-7-2-1-5-12(16)9-21-10-14(17)18/h3-4,6,8,12H,1-2,5,7,9-10H2,(H,17,18). The highest BCUT2D eigenvalue weighted by atomic mass is 79.9. The summed E-state index contributed by atoms with van der Waals surface area (Å²) in [6.45, 7) is 0.108. The highest BCUT2D eigenvalue weighted by Crippen LogP contribution is 2.27. The quantitative estimate of drug-likeness (QED) is 0.802. The lowest BCUT2D eigenvalue weighted by atomic mass is 10.1. The minimum absolute atomic E-state index is 0.0968. The van der Waals surface area contributed by atoms with Crippen LogP contribution < -0.4 is 0 Å². The Hall–Kier alpha value is -0.960. The molecule has 1 N–H and O–H groups in total. The summed E-state index contributed by atoms with van der Waals surface area (Å²) in [5.41, 5.74) is 0. The monoisotopic (exact) mass is 391 g/mol. The van der Waals surface area contributed by atoms with Crippen molar-refractivity contribution in [2.75, 3.05) is 19.8 Å². The van der Waals surface area contributed by atoms with Gasteiger partial charge in [-0.05, 0) is 31.0 Å². The third-order valence-electron chi connectivity index (χ3n) is 3.51. The fourth-order valence-corrected chi connectivity index (χ4v) is 4.78. The van der Waals surface area contributed by atoms with Gasteiger partial charge in [-0.2, -0.15) is 4.31 Å². The lowest BCUT2D eigenvalue weighted by molar-refractivity contribution is -0.142. The molecule has 0 bridgehead atoms. The molecule has 1 saturated heterocycles. The second-order valence-electron chi connectivity index (χ2n) is 5.13. The molecule has 2 rings (SSSR count). The summed E-state index contributed by atoms with van der Waals surface area (Å²) in [5, 5.41) is 8.62. The molecule has 1 aromatic carbocycles. The maximum Gasteiger partial charge on any atom is 0.329 e. The summed E-state index contributed by atoms with van der Waals surface area (Å²) in [7, 11) is -3.61. The van der Waals surface area contributed by atoms with E-state index in [-0.39, 0.29) is 17.5 Å². The van der Waals surface area contributed by atoms with Crippen LogP contribution in [0.15, 0.2) is 33.6 Å². The fraction of sp³-hybridized carbons (Fsp3) is 0.500. The average molecular weight is 392 g/mol. The van der Waals surface area contributed by atoms with Gasteiger partial charge < -0.3 is 9.84 Å². The number of hydrogen-bond donors (Lipinski definition) is 1. The number of benzene rings is 1. The SMILES string of the molecule is O=C(O)COCC1CCCCN1S(=O)(=O)c1cccc(Br)c1. The molecule has 0 aromatic heterocycles. The van der Waals surface area contributed by atoms with Crippen LogP contribution in [-0.2, 0) is 19.6 Å². The van der Waals surface area contributed by atoms with Crippen LogP contribution in [-0.4, -0.2) is 49.6 Å². The zero-order valence-corrected chi connectivity index (χ0v) is 14.3. The third kappa shape index (κ3) is 4.28. The Bertz CT molecular complexity index is 634. The summed E-state index contributed by atoms with van der Waals surface area (Å²) >= 11 is 3.28. The van der Waals surface area contributed by atoms with Gasteiger partial charge in [-0.25, -0.2) is 13.2 Å². The number of rotatable bonds is 6. The maximum atomic E-state index is 12.8. The highest BCUT2D eigenvalue weighted by Gasteiger charge is 2.33. The predicted molar refractivity (Wildman–Crippen MR) is 84.1 cm³/mol. The van der Waals surface area contributed by atoms with Gasteiger partial charge in [-0.15, -0.1) is 0 Å². The van der Waals surface area contributed by atoms with Crippen molar-refractivity contribution in [2.45, 2.75) is 30.2 Å². The molecule has 22 heavy (non-hydrogen) atoms. The first-order valence-electron chi connectivity index (χ1n) is 6.98. The van der Waals surface area contributed by atoms with Crippen LogP contribution >= 0.6 is 15.9 Å². The molecular formula is C14H18BrNO5S. The molecule has 1 fully saturated rings. The molecule has 1 aromatic rings. The van der Waals surface area contributed by atoms with Crippen molar-refractivity contribution in [3.63, 3.8) is 0 Å². The van der Waals surface area contributed by atoms with Crippen molar-refractivity contribution in [1.82, 2.24) is 4.31 Å². The Morgan fingerprint density at radius 2 is 2.18 bits per heavy atom. The van der Waals surface area contributed by atoms with Crippen molar-refractivity contribution in [2.24, 2.45) is 0 Å². The van der Waals surface area contributed by atoms with Crippen LogP contribution in [0, 0.1) is 0 Å². The van der Waals surface area contributed by atoms with E-state index in [4.69, 9.17) is 9.84 Å². The Kier molecular flexibility index (Phi) is 5.96. The number of piperidine rings is 1. The van der Waals surface area contributed by atoms with E-state index in [9.17, 15) is 13.2 Å². The number of ether oxygens (including phenoxy) is 1. The Morgan fingerprint density at radius 3 is 2.86 bits per heavy atom. The summed E-state index contributed by atoms with van der Waals surface area (Å²) in [5.74, 6) is -1.06. The predicted octanol–water partition coefficient (Wildman–Crippen LogP) is 2.09. The van der Waals surface area contributed by atoms with E-state index in [1.165, 1.54) is 4.31 Å². The van der Waals surface area contributed by atoms with Crippen LogP contribution in [0.2, 0.25) is 0 Å². The van der Waals surface area contributed by atoms with Crippen molar-refractivity contribution >= 4 is 31.9 Å². The minimum Gasteiger partial charge on any atom is -0.480 e. The van der Waals surface area contributed by atoms with Gasteiger partial charge in [0.05, 0.1) is 11.5 Å². The molecule has 1 atom stereocenters. The fourth-order valence-electron chi connectivity index (χ4n) is 2.50. The van der Waals surface area contributed by atoms with Crippen LogP contribution in [0.4, 0.5) is 0 Å². The number of nitrogens with zero attached hydrogens (tertiary/aromatic N) is 1. The lowest BCUT2D eigenvalue weighted by Crippen LogP contribution is -2.46. The van der Waals surface area contributed by atoms with E-state index in [0.29, 0.717) is 17.4 Å². The van der Waals surface area contributed by atoms with Gasteiger partial charge in [0.1, 0.15) is 6.61 Å². The maximum absolute atomic E-state index is 12.8. The molecule has 0 spiro atoms. The number of carboxylic acid groups (broad SMARTS) is 1. The topological polar surface area (TPSA) is 83.9 Å². The number of sulfonamides is 1. The molecule has 1 unspecified atom stereocenters. The largest absolute Gasteiger partial charge is 0.480 e. The van der Waals surface area contributed by atoms with Crippen molar-refractivity contribution in [3.8, 4) is 0 Å². The van der Waals surface area contributed by atoms with Gasteiger partial charge >= 0.3 is 5.97 Å². The zero-order chi connectivity index (χ0) is 16.2. The molecule has 0 saturated carbocycles. The van der Waals surface area contributed by atoms with Crippen molar-refractivity contribution in [3.05, 3.63) is 28.7 Å². The molecule has 0 aliphatic carbocycles. The minimum atomic E-state index is -3.61. The highest BCUT2D eigenvalue weighted by molar-refractivity contribution is 9.10. The van der Waals surface area contributed by atoms with Gasteiger partial charge in [0.25, 0.3) is 0 Å². The van der Waals surface area contributed by atoms with E-state index < -0.39 is 22.6 Å². The first-order chi connectivity index (χ1) is 10.4. The molecule has 6 nitrogen and oxygen atoms in total. The van der Waals surface area contributed by atoms with Gasteiger partial charge in [0.15, 0.2) is 0 Å². The number of carbonyl (C=O) groups is 1. The second kappa shape index (κ2) is 7.54. The van der Waals surface area contributed by atoms with Crippen LogP contribution in [0.3, 0.4) is 0 Å². The van der Waals surface area contributed by atoms with E-state index in [1.54, 1.807) is 24.3 Å². The summed E-state index contributed by atoms with van der Waals surface area (Å²) in [6.07, 6.45) is 2.38. The van der Waals surface area contributed by atoms with Gasteiger partial charge in [-0.3, -0.25) is 0 Å². The van der Waals surface area contributed by atoms with Crippen molar-refractivity contribution in [1.29, 1.82) is 0 Å². The summed E-state index contributed by atoms with van der Waals surface area (Å²) in [4.78, 5) is 10.7. The molecule has 0 radical (unpaired) electrons. The smallest absolute Gasteiger partial charge is 0.329 e. The van der Waals surface area contributed by atoms with E-state index in [0.717, 1.165) is 12.8 Å². The normalized spacial score (nSPS) is 20.0. The van der Waals surface area contributed by atoms with Crippen molar-refractivity contribution < 1.29 is 23.1 Å². The third-order valence-corrected chi connectivity index (χ3v) is 5.95. The number of carboxylic acids is 1. The van der Waals surface area contributed by atoms with Crippen LogP contribution in [0.5, 0.6) is 0 Å². The molecule has 1 heterocycles. The van der Waals surface area contributed by atoms with Gasteiger partial charge in [0, 0.05) is 17.1 Å². The van der Waals surface area contributed by atoms with E-state index in [1.807, 2.05) is 0 Å². The molecule has 0 amide bonds. The second-order valence-corrected chi connectivity index (χ2v) is 7.94. The van der Waals surface area contributed by atoms with E-state index in [2.05, 4.69) is 15.9 Å². The first-order valence-corrected chi connectivity index (χ1v) is 9.21. The van der Waals surface area contributed by atoms with Gasteiger partial charge in [-0.1, -0.05) is 28.4 Å².